The standard InChI is InChI=1S/C17H20NO/c1-12-5-7-18(8-6-12)11-17(19)16-10-14(3)13(2)9-15(16)4/h5-10H,11H2,1-4H3/q+1. The molecule has 0 spiro atoms. The van der Waals surface area contributed by atoms with Crippen LogP contribution in [0.15, 0.2) is 36.7 Å². The highest BCUT2D eigenvalue weighted by atomic mass is 16.1. The summed E-state index contributed by atoms with van der Waals surface area (Å²) < 4.78 is 1.92. The molecule has 2 heteroatoms. The molecule has 0 aliphatic carbocycles. The number of rotatable bonds is 3. The first-order valence-electron chi connectivity index (χ1n) is 6.54. The second-order valence-electron chi connectivity index (χ2n) is 5.22. The van der Waals surface area contributed by atoms with Crippen molar-refractivity contribution in [2.75, 3.05) is 0 Å². The monoisotopic (exact) mass is 254 g/mol. The number of aromatic nitrogens is 1. The molecular formula is C17H20NO+. The lowest BCUT2D eigenvalue weighted by molar-refractivity contribution is -0.683. The molecule has 2 aromatic rings. The van der Waals surface area contributed by atoms with Crippen LogP contribution in [0.5, 0.6) is 0 Å². The number of hydrogen-bond acceptors (Lipinski definition) is 1. The van der Waals surface area contributed by atoms with Crippen LogP contribution < -0.4 is 4.57 Å². The van der Waals surface area contributed by atoms with Gasteiger partial charge in [0.15, 0.2) is 12.4 Å². The van der Waals surface area contributed by atoms with Gasteiger partial charge >= 0.3 is 0 Å². The number of ketones is 1. The fraction of sp³-hybridized carbons (Fsp3) is 0.294. The molecule has 0 atom stereocenters. The number of carbonyl (C=O) groups is 1. The number of benzene rings is 1. The van der Waals surface area contributed by atoms with Gasteiger partial charge in [0.25, 0.3) is 0 Å². The molecule has 1 aromatic carbocycles. The Bertz CT molecular complexity index is 612. The molecule has 1 heterocycles. The van der Waals surface area contributed by atoms with Crippen molar-refractivity contribution in [2.24, 2.45) is 0 Å². The van der Waals surface area contributed by atoms with Gasteiger partial charge in [-0.1, -0.05) is 6.07 Å². The van der Waals surface area contributed by atoms with E-state index in [0.29, 0.717) is 6.54 Å². The maximum absolute atomic E-state index is 12.4. The Morgan fingerprint density at radius 1 is 0.947 bits per heavy atom. The highest BCUT2D eigenvalue weighted by molar-refractivity contribution is 5.96. The zero-order valence-corrected chi connectivity index (χ0v) is 12.0. The van der Waals surface area contributed by atoms with E-state index in [0.717, 1.165) is 11.1 Å². The lowest BCUT2D eigenvalue weighted by Gasteiger charge is -2.07. The summed E-state index contributed by atoms with van der Waals surface area (Å²) in [6.45, 7) is 8.55. The second-order valence-corrected chi connectivity index (χ2v) is 5.22. The highest BCUT2D eigenvalue weighted by Crippen LogP contribution is 2.15. The molecule has 0 bridgehead atoms. The lowest BCUT2D eigenvalue weighted by atomic mass is 9.98. The normalized spacial score (nSPS) is 10.5. The summed E-state index contributed by atoms with van der Waals surface area (Å²) in [4.78, 5) is 12.4. The van der Waals surface area contributed by atoms with Crippen molar-refractivity contribution in [1.29, 1.82) is 0 Å². The molecule has 2 rings (SSSR count). The fourth-order valence-electron chi connectivity index (χ4n) is 2.15. The maximum Gasteiger partial charge on any atom is 0.227 e. The minimum atomic E-state index is 0.162. The first-order chi connectivity index (χ1) is 8.97. The Hall–Kier alpha value is -1.96. The van der Waals surface area contributed by atoms with Gasteiger partial charge in [-0.3, -0.25) is 4.79 Å². The van der Waals surface area contributed by atoms with Gasteiger partial charge in [-0.15, -0.1) is 0 Å². The second kappa shape index (κ2) is 5.35. The molecule has 0 aliphatic rings. The van der Waals surface area contributed by atoms with Crippen LogP contribution in [-0.4, -0.2) is 5.78 Å². The van der Waals surface area contributed by atoms with Gasteiger partial charge in [0.05, 0.1) is 0 Å². The lowest BCUT2D eigenvalue weighted by Crippen LogP contribution is -2.37. The smallest absolute Gasteiger partial charge is 0.227 e. The van der Waals surface area contributed by atoms with Crippen LogP contribution in [0.4, 0.5) is 0 Å². The van der Waals surface area contributed by atoms with Gasteiger partial charge < -0.3 is 0 Å². The van der Waals surface area contributed by atoms with Crippen LogP contribution in [0, 0.1) is 27.7 Å². The van der Waals surface area contributed by atoms with Crippen molar-refractivity contribution in [1.82, 2.24) is 0 Å². The number of nitrogens with zero attached hydrogens (tertiary/aromatic N) is 1. The summed E-state index contributed by atoms with van der Waals surface area (Å²) in [6, 6.07) is 8.12. The van der Waals surface area contributed by atoms with E-state index in [-0.39, 0.29) is 5.78 Å². The molecule has 2 nitrogen and oxygen atoms in total. The van der Waals surface area contributed by atoms with Gasteiger partial charge in [0.1, 0.15) is 0 Å². The summed E-state index contributed by atoms with van der Waals surface area (Å²) in [6.07, 6.45) is 3.90. The largest absolute Gasteiger partial charge is 0.287 e. The summed E-state index contributed by atoms with van der Waals surface area (Å²) in [5.74, 6) is 0.162. The zero-order chi connectivity index (χ0) is 14.0. The molecule has 0 saturated carbocycles. The number of hydrogen-bond donors (Lipinski definition) is 0. The van der Waals surface area contributed by atoms with Crippen molar-refractivity contribution in [2.45, 2.75) is 34.2 Å². The van der Waals surface area contributed by atoms with Crippen LogP contribution in [0.25, 0.3) is 0 Å². The van der Waals surface area contributed by atoms with E-state index in [9.17, 15) is 4.79 Å². The molecule has 0 saturated heterocycles. The van der Waals surface area contributed by atoms with Crippen molar-refractivity contribution in [3.63, 3.8) is 0 Å². The minimum absolute atomic E-state index is 0.162. The quantitative estimate of drug-likeness (QED) is 0.609. The Morgan fingerprint density at radius 2 is 1.53 bits per heavy atom. The molecule has 1 aromatic heterocycles. The van der Waals surface area contributed by atoms with Crippen molar-refractivity contribution < 1.29 is 9.36 Å². The van der Waals surface area contributed by atoms with E-state index in [1.165, 1.54) is 16.7 Å². The molecule has 0 fully saturated rings. The Balaban J connectivity index is 2.25. The topological polar surface area (TPSA) is 20.9 Å². The van der Waals surface area contributed by atoms with Crippen molar-refractivity contribution in [3.05, 3.63) is 64.5 Å². The van der Waals surface area contributed by atoms with Gasteiger partial charge in [-0.05, 0) is 56.0 Å². The van der Waals surface area contributed by atoms with Gasteiger partial charge in [-0.25, -0.2) is 0 Å². The fourth-order valence-corrected chi connectivity index (χ4v) is 2.15. The number of pyridine rings is 1. The average molecular weight is 254 g/mol. The van der Waals surface area contributed by atoms with Gasteiger partial charge in [0.2, 0.25) is 12.3 Å². The van der Waals surface area contributed by atoms with E-state index in [1.54, 1.807) is 0 Å². The Kier molecular flexibility index (Phi) is 3.79. The third kappa shape index (κ3) is 3.08. The van der Waals surface area contributed by atoms with Crippen LogP contribution in [0.2, 0.25) is 0 Å². The predicted octanol–water partition coefficient (Wildman–Crippen LogP) is 3.09. The van der Waals surface area contributed by atoms with E-state index in [2.05, 4.69) is 13.0 Å². The molecule has 0 aliphatic heterocycles. The van der Waals surface area contributed by atoms with Gasteiger partial charge in [0, 0.05) is 17.7 Å². The molecule has 19 heavy (non-hydrogen) atoms. The first kappa shape index (κ1) is 13.5. The molecular weight excluding hydrogens is 234 g/mol. The molecule has 98 valence electrons. The maximum atomic E-state index is 12.4. The van der Waals surface area contributed by atoms with Crippen LogP contribution in [0.1, 0.15) is 32.6 Å². The number of carbonyl (C=O) groups excluding carboxylic acids is 1. The van der Waals surface area contributed by atoms with Crippen molar-refractivity contribution >= 4 is 5.78 Å². The van der Waals surface area contributed by atoms with E-state index in [4.69, 9.17) is 0 Å². The van der Waals surface area contributed by atoms with Crippen LogP contribution in [-0.2, 0) is 6.54 Å². The molecule has 0 unspecified atom stereocenters. The first-order valence-corrected chi connectivity index (χ1v) is 6.54. The van der Waals surface area contributed by atoms with Crippen LogP contribution >= 0.6 is 0 Å². The van der Waals surface area contributed by atoms with E-state index >= 15 is 0 Å². The third-order valence-corrected chi connectivity index (χ3v) is 3.53. The summed E-state index contributed by atoms with van der Waals surface area (Å²) >= 11 is 0. The zero-order valence-electron chi connectivity index (χ0n) is 12.0. The van der Waals surface area contributed by atoms with E-state index < -0.39 is 0 Å². The van der Waals surface area contributed by atoms with Gasteiger partial charge in [-0.2, -0.15) is 4.57 Å². The van der Waals surface area contributed by atoms with Crippen LogP contribution in [0.3, 0.4) is 0 Å². The Labute approximate surface area is 114 Å². The van der Waals surface area contributed by atoms with Crippen molar-refractivity contribution in [3.8, 4) is 0 Å². The molecule has 0 radical (unpaired) electrons. The minimum Gasteiger partial charge on any atom is -0.287 e. The summed E-state index contributed by atoms with van der Waals surface area (Å²) in [5, 5.41) is 0. The summed E-state index contributed by atoms with van der Waals surface area (Å²) in [7, 11) is 0. The highest BCUT2D eigenvalue weighted by Gasteiger charge is 2.15. The average Bonchev–Trinajstić information content (AvgIpc) is 2.36. The SMILES string of the molecule is Cc1cc[n+](CC(=O)c2cc(C)c(C)cc2C)cc1. The number of Topliss-reactive ketones (excluding diaryl/α,β-unsaturated/α-hetero) is 1. The number of aryl methyl sites for hydroxylation is 4. The predicted molar refractivity (Wildman–Crippen MR) is 76.4 cm³/mol. The Morgan fingerprint density at radius 3 is 2.16 bits per heavy atom. The summed E-state index contributed by atoms with van der Waals surface area (Å²) in [5.41, 5.74) is 5.49. The van der Waals surface area contributed by atoms with E-state index in [1.807, 2.05) is 55.9 Å². The third-order valence-electron chi connectivity index (χ3n) is 3.53. The molecule has 0 N–H and O–H groups in total. The molecule has 0 amide bonds.